The molecule has 2 heterocycles. The Morgan fingerprint density at radius 3 is 2.90 bits per heavy atom. The summed E-state index contributed by atoms with van der Waals surface area (Å²) in [5.74, 6) is -0.796. The van der Waals surface area contributed by atoms with Gasteiger partial charge in [-0.2, -0.15) is 0 Å². The van der Waals surface area contributed by atoms with E-state index in [4.69, 9.17) is 4.74 Å². The summed E-state index contributed by atoms with van der Waals surface area (Å²) in [5.41, 5.74) is 3.25. The molecule has 1 atom stereocenters. The lowest BCUT2D eigenvalue weighted by molar-refractivity contribution is -0.145. The van der Waals surface area contributed by atoms with E-state index in [9.17, 15) is 9.59 Å². The van der Waals surface area contributed by atoms with Gasteiger partial charge < -0.3 is 4.74 Å². The Kier molecular flexibility index (Phi) is 3.41. The number of nitrogens with zero attached hydrogens (tertiary/aromatic N) is 2. The maximum Gasteiger partial charge on any atom is 0.311 e. The summed E-state index contributed by atoms with van der Waals surface area (Å²) in [6, 6.07) is 4.08. The highest BCUT2D eigenvalue weighted by Crippen LogP contribution is 2.34. The predicted molar refractivity (Wildman–Crippen MR) is 81.6 cm³/mol. The Labute approximate surface area is 126 Å². The monoisotopic (exact) mass is 304 g/mol. The number of fused-ring (bicyclic) bond motifs is 1. The van der Waals surface area contributed by atoms with Crippen LogP contribution in [0.4, 0.5) is 5.13 Å². The van der Waals surface area contributed by atoms with E-state index in [1.165, 1.54) is 24.0 Å². The molecule has 1 unspecified atom stereocenters. The number of aromatic nitrogens is 1. The summed E-state index contributed by atoms with van der Waals surface area (Å²) in [7, 11) is 1.35. The Balaban J connectivity index is 1.96. The van der Waals surface area contributed by atoms with Crippen LogP contribution in [0.3, 0.4) is 0 Å². The Bertz CT molecular complexity index is 738. The molecule has 0 aliphatic carbocycles. The second kappa shape index (κ2) is 5.11. The van der Waals surface area contributed by atoms with Crippen molar-refractivity contribution >= 4 is 38.6 Å². The minimum atomic E-state index is -0.391. The molecule has 3 rings (SSSR count). The third-order valence-electron chi connectivity index (χ3n) is 3.96. The van der Waals surface area contributed by atoms with Gasteiger partial charge in [0.25, 0.3) is 0 Å². The van der Waals surface area contributed by atoms with Gasteiger partial charge in [-0.15, -0.1) is 0 Å². The van der Waals surface area contributed by atoms with Crippen molar-refractivity contribution in [1.82, 2.24) is 4.98 Å². The fourth-order valence-electron chi connectivity index (χ4n) is 2.55. The first-order chi connectivity index (χ1) is 10.0. The smallest absolute Gasteiger partial charge is 0.311 e. The molecule has 1 amide bonds. The molecule has 110 valence electrons. The summed E-state index contributed by atoms with van der Waals surface area (Å²) >= 11 is 1.48. The van der Waals surface area contributed by atoms with Crippen molar-refractivity contribution in [2.45, 2.75) is 20.3 Å². The molecule has 5 nitrogen and oxygen atoms in total. The van der Waals surface area contributed by atoms with E-state index < -0.39 is 5.92 Å². The number of hydrogen-bond donors (Lipinski definition) is 0. The van der Waals surface area contributed by atoms with Gasteiger partial charge in [-0.25, -0.2) is 4.98 Å². The number of amides is 1. The average molecular weight is 304 g/mol. The third-order valence-corrected chi connectivity index (χ3v) is 5.01. The fraction of sp³-hybridized carbons (Fsp3) is 0.400. The molecule has 1 saturated heterocycles. The van der Waals surface area contributed by atoms with Crippen LogP contribution in [0.2, 0.25) is 0 Å². The molecule has 0 saturated carbocycles. The topological polar surface area (TPSA) is 59.5 Å². The molecule has 1 aliphatic rings. The first-order valence-corrected chi connectivity index (χ1v) is 7.58. The molecular weight excluding hydrogens is 288 g/mol. The van der Waals surface area contributed by atoms with Gasteiger partial charge in [-0.05, 0) is 31.0 Å². The number of methoxy groups -OCH3 is 1. The van der Waals surface area contributed by atoms with E-state index in [0.717, 1.165) is 15.8 Å². The summed E-state index contributed by atoms with van der Waals surface area (Å²) < 4.78 is 5.78. The number of hydrogen-bond acceptors (Lipinski definition) is 5. The molecule has 21 heavy (non-hydrogen) atoms. The van der Waals surface area contributed by atoms with Crippen molar-refractivity contribution in [3.63, 3.8) is 0 Å². The molecule has 1 aliphatic heterocycles. The van der Waals surface area contributed by atoms with Gasteiger partial charge >= 0.3 is 5.97 Å². The number of anilines is 1. The molecule has 1 fully saturated rings. The van der Waals surface area contributed by atoms with E-state index in [0.29, 0.717) is 11.7 Å². The van der Waals surface area contributed by atoms with Crippen LogP contribution in [0.25, 0.3) is 10.2 Å². The van der Waals surface area contributed by atoms with Crippen molar-refractivity contribution in [2.75, 3.05) is 18.6 Å². The van der Waals surface area contributed by atoms with Gasteiger partial charge in [0.1, 0.15) is 0 Å². The maximum absolute atomic E-state index is 12.1. The van der Waals surface area contributed by atoms with Crippen LogP contribution in [-0.2, 0) is 14.3 Å². The van der Waals surface area contributed by atoms with Crippen LogP contribution < -0.4 is 4.90 Å². The van der Waals surface area contributed by atoms with Crippen LogP contribution in [0.15, 0.2) is 12.1 Å². The number of thiazole rings is 1. The summed E-state index contributed by atoms with van der Waals surface area (Å²) in [6.45, 7) is 4.43. The SMILES string of the molecule is COC(=O)C1CC(=O)N(c2nc3c(C)c(C)ccc3s2)C1. The predicted octanol–water partition coefficient (Wildman–Crippen LogP) is 2.44. The van der Waals surface area contributed by atoms with Gasteiger partial charge in [0.05, 0.1) is 23.2 Å². The molecule has 1 aromatic heterocycles. The Morgan fingerprint density at radius 2 is 2.19 bits per heavy atom. The minimum Gasteiger partial charge on any atom is -0.469 e. The van der Waals surface area contributed by atoms with Crippen molar-refractivity contribution in [3.8, 4) is 0 Å². The molecule has 6 heteroatoms. The lowest BCUT2D eigenvalue weighted by atomic mass is 10.1. The average Bonchev–Trinajstić information content (AvgIpc) is 3.06. The summed E-state index contributed by atoms with van der Waals surface area (Å²) in [4.78, 5) is 29.9. The van der Waals surface area contributed by atoms with Crippen molar-refractivity contribution in [3.05, 3.63) is 23.3 Å². The highest BCUT2D eigenvalue weighted by atomic mass is 32.1. The van der Waals surface area contributed by atoms with Gasteiger partial charge in [0, 0.05) is 13.0 Å². The van der Waals surface area contributed by atoms with Crippen LogP contribution in [0.5, 0.6) is 0 Å². The highest BCUT2D eigenvalue weighted by molar-refractivity contribution is 7.22. The number of benzene rings is 1. The fourth-order valence-corrected chi connectivity index (χ4v) is 3.60. The second-order valence-electron chi connectivity index (χ2n) is 5.28. The maximum atomic E-state index is 12.1. The van der Waals surface area contributed by atoms with Crippen molar-refractivity contribution in [2.24, 2.45) is 5.92 Å². The Hall–Kier alpha value is -1.95. The zero-order valence-electron chi connectivity index (χ0n) is 12.2. The number of aryl methyl sites for hydroxylation is 2. The lowest BCUT2D eigenvalue weighted by Gasteiger charge is -2.11. The van der Waals surface area contributed by atoms with E-state index in [1.54, 1.807) is 4.90 Å². The number of esters is 1. The van der Waals surface area contributed by atoms with Crippen LogP contribution in [0.1, 0.15) is 17.5 Å². The van der Waals surface area contributed by atoms with E-state index in [1.807, 2.05) is 19.9 Å². The molecule has 2 aromatic rings. The largest absolute Gasteiger partial charge is 0.469 e. The van der Waals surface area contributed by atoms with Crippen LogP contribution in [0, 0.1) is 19.8 Å². The number of rotatable bonds is 2. The molecule has 0 N–H and O–H groups in total. The zero-order chi connectivity index (χ0) is 15.1. The Morgan fingerprint density at radius 1 is 1.43 bits per heavy atom. The quantitative estimate of drug-likeness (QED) is 0.800. The van der Waals surface area contributed by atoms with Crippen molar-refractivity contribution in [1.29, 1.82) is 0 Å². The normalized spacial score (nSPS) is 18.5. The number of ether oxygens (including phenoxy) is 1. The molecule has 0 spiro atoms. The standard InChI is InChI=1S/C15H16N2O3S/c1-8-4-5-11-13(9(8)2)16-15(21-11)17-7-10(6-12(17)18)14(19)20-3/h4-5,10H,6-7H2,1-3H3. The zero-order valence-corrected chi connectivity index (χ0v) is 13.0. The molecule has 0 radical (unpaired) electrons. The molecule has 0 bridgehead atoms. The van der Waals surface area contributed by atoms with E-state index in [2.05, 4.69) is 11.1 Å². The number of carbonyl (C=O) groups excluding carboxylic acids is 2. The minimum absolute atomic E-state index is 0.0705. The second-order valence-corrected chi connectivity index (χ2v) is 6.29. The molecule has 1 aromatic carbocycles. The molecular formula is C15H16N2O3S. The first-order valence-electron chi connectivity index (χ1n) is 6.76. The first kappa shape index (κ1) is 14.0. The third kappa shape index (κ3) is 2.29. The van der Waals surface area contributed by atoms with Gasteiger partial charge in [-0.3, -0.25) is 14.5 Å². The van der Waals surface area contributed by atoms with Crippen LogP contribution in [-0.4, -0.2) is 30.5 Å². The van der Waals surface area contributed by atoms with E-state index >= 15 is 0 Å². The van der Waals surface area contributed by atoms with Crippen LogP contribution >= 0.6 is 11.3 Å². The lowest BCUT2D eigenvalue weighted by Crippen LogP contribution is -2.25. The highest BCUT2D eigenvalue weighted by Gasteiger charge is 2.37. The van der Waals surface area contributed by atoms with Crippen molar-refractivity contribution < 1.29 is 14.3 Å². The van der Waals surface area contributed by atoms with Gasteiger partial charge in [-0.1, -0.05) is 17.4 Å². The van der Waals surface area contributed by atoms with E-state index in [-0.39, 0.29) is 18.3 Å². The summed E-state index contributed by atoms with van der Waals surface area (Å²) in [5, 5.41) is 0.662. The summed E-state index contributed by atoms with van der Waals surface area (Å²) in [6.07, 6.45) is 0.195. The van der Waals surface area contributed by atoms with Gasteiger partial charge in [0.15, 0.2) is 5.13 Å². The number of carbonyl (C=O) groups is 2. The van der Waals surface area contributed by atoms with Gasteiger partial charge in [0.2, 0.25) is 5.91 Å².